The standard InChI is InChI=1S/C17H23N3O2.2C2HF3O2/c21-17(19-14-2-1-5-18-7-14)6-13-11-22-16-10-20(9-15(13)16)8-12-3-4-12;2*3-2(4,5)1(6)7/h1-2,5,7,12-13,15-16H,3-4,6,8-11H2,(H,19,21);2*(H,6,7)/t13-,15-,16-;;/m1../s1. The van der Waals surface area contributed by atoms with Crippen molar-refractivity contribution < 1.29 is 55.7 Å². The molecule has 0 aromatic carbocycles. The third-order valence-corrected chi connectivity index (χ3v) is 5.61. The number of nitrogens with zero attached hydrogens (tertiary/aromatic N) is 2. The Morgan fingerprint density at radius 2 is 1.64 bits per heavy atom. The molecule has 3 heterocycles. The van der Waals surface area contributed by atoms with E-state index in [0.717, 1.165) is 31.3 Å². The number of carbonyl (C=O) groups excluding carboxylic acids is 1. The smallest absolute Gasteiger partial charge is 0.475 e. The molecule has 0 bridgehead atoms. The van der Waals surface area contributed by atoms with Crippen LogP contribution in [0.2, 0.25) is 0 Å². The summed E-state index contributed by atoms with van der Waals surface area (Å²) in [5.41, 5.74) is 0.768. The molecule has 1 aromatic rings. The van der Waals surface area contributed by atoms with E-state index < -0.39 is 24.3 Å². The van der Waals surface area contributed by atoms with E-state index in [-0.39, 0.29) is 5.91 Å². The van der Waals surface area contributed by atoms with Gasteiger partial charge in [-0.2, -0.15) is 26.3 Å². The predicted octanol–water partition coefficient (Wildman–Crippen LogP) is 3.03. The summed E-state index contributed by atoms with van der Waals surface area (Å²) in [7, 11) is 0. The molecular weight excluding hydrogens is 504 g/mol. The number of alkyl halides is 6. The highest BCUT2D eigenvalue weighted by molar-refractivity contribution is 5.90. The minimum absolute atomic E-state index is 0.0721. The molecule has 0 radical (unpaired) electrons. The lowest BCUT2D eigenvalue weighted by Crippen LogP contribution is -2.28. The van der Waals surface area contributed by atoms with Crippen LogP contribution < -0.4 is 5.32 Å². The molecule has 4 rings (SSSR count). The van der Waals surface area contributed by atoms with Gasteiger partial charge in [-0.25, -0.2) is 9.59 Å². The number of ether oxygens (including phenoxy) is 1. The molecule has 3 aliphatic rings. The third kappa shape index (κ3) is 9.97. The Bertz CT molecular complexity index is 870. The zero-order chi connectivity index (χ0) is 27.1. The Morgan fingerprint density at radius 3 is 2.11 bits per heavy atom. The van der Waals surface area contributed by atoms with Gasteiger partial charge >= 0.3 is 24.3 Å². The van der Waals surface area contributed by atoms with Crippen molar-refractivity contribution in [2.75, 3.05) is 31.6 Å². The molecular formula is C21H25F6N3O6. The number of hydrogen-bond donors (Lipinski definition) is 3. The van der Waals surface area contributed by atoms with E-state index >= 15 is 0 Å². The van der Waals surface area contributed by atoms with Crippen molar-refractivity contribution in [1.29, 1.82) is 0 Å². The first-order chi connectivity index (χ1) is 16.7. The first-order valence-corrected chi connectivity index (χ1v) is 10.8. The van der Waals surface area contributed by atoms with Crippen molar-refractivity contribution in [2.45, 2.75) is 37.7 Å². The second-order valence-corrected chi connectivity index (χ2v) is 8.56. The Kier molecular flexibility index (Phi) is 10.0. The van der Waals surface area contributed by atoms with Crippen LogP contribution in [0.3, 0.4) is 0 Å². The Hall–Kier alpha value is -2.94. The zero-order valence-corrected chi connectivity index (χ0v) is 18.8. The van der Waals surface area contributed by atoms with Crippen molar-refractivity contribution in [3.63, 3.8) is 0 Å². The summed E-state index contributed by atoms with van der Waals surface area (Å²) >= 11 is 0. The fourth-order valence-corrected chi connectivity index (χ4v) is 3.79. The van der Waals surface area contributed by atoms with Gasteiger partial charge in [0.1, 0.15) is 0 Å². The van der Waals surface area contributed by atoms with Crippen molar-refractivity contribution >= 4 is 23.5 Å². The molecule has 2 saturated heterocycles. The number of rotatable bonds is 5. The molecule has 3 N–H and O–H groups in total. The zero-order valence-electron chi connectivity index (χ0n) is 18.8. The van der Waals surface area contributed by atoms with E-state index in [1.807, 2.05) is 12.1 Å². The summed E-state index contributed by atoms with van der Waals surface area (Å²) in [5, 5.41) is 17.2. The van der Waals surface area contributed by atoms with Gasteiger partial charge < -0.3 is 25.2 Å². The number of hydrogen-bond acceptors (Lipinski definition) is 6. The largest absolute Gasteiger partial charge is 0.490 e. The van der Waals surface area contributed by atoms with Gasteiger partial charge in [-0.3, -0.25) is 9.78 Å². The van der Waals surface area contributed by atoms with Crippen LogP contribution in [0.25, 0.3) is 0 Å². The number of pyridine rings is 1. The summed E-state index contributed by atoms with van der Waals surface area (Å²) in [6.07, 6.45) is -3.10. The lowest BCUT2D eigenvalue weighted by Gasteiger charge is -2.19. The molecule has 1 aliphatic carbocycles. The molecule has 0 spiro atoms. The Balaban J connectivity index is 0.000000271. The summed E-state index contributed by atoms with van der Waals surface area (Å²) in [5.74, 6) is -3.64. The second kappa shape index (κ2) is 12.3. The highest BCUT2D eigenvalue weighted by Crippen LogP contribution is 2.38. The van der Waals surface area contributed by atoms with E-state index in [0.29, 0.717) is 24.4 Å². The number of likely N-dealkylation sites (tertiary alicyclic amines) is 1. The van der Waals surface area contributed by atoms with E-state index in [9.17, 15) is 31.1 Å². The molecule has 1 aromatic heterocycles. The first kappa shape index (κ1) is 29.3. The molecule has 3 atom stereocenters. The minimum Gasteiger partial charge on any atom is -0.475 e. The number of carboxylic acid groups (broad SMARTS) is 2. The summed E-state index contributed by atoms with van der Waals surface area (Å²) in [6.45, 7) is 4.12. The highest BCUT2D eigenvalue weighted by Gasteiger charge is 2.45. The number of fused-ring (bicyclic) bond motifs is 1. The van der Waals surface area contributed by atoms with Crippen molar-refractivity contribution in [1.82, 2.24) is 9.88 Å². The predicted molar refractivity (Wildman–Crippen MR) is 111 cm³/mol. The van der Waals surface area contributed by atoms with E-state index in [1.54, 1.807) is 12.4 Å². The van der Waals surface area contributed by atoms with Crippen LogP contribution in [0.5, 0.6) is 0 Å². The van der Waals surface area contributed by atoms with E-state index in [1.165, 1.54) is 19.4 Å². The van der Waals surface area contributed by atoms with Gasteiger partial charge in [-0.15, -0.1) is 0 Å². The van der Waals surface area contributed by atoms with Gasteiger partial charge in [0.25, 0.3) is 0 Å². The van der Waals surface area contributed by atoms with Gasteiger partial charge in [0, 0.05) is 38.2 Å². The highest BCUT2D eigenvalue weighted by atomic mass is 19.4. The number of aromatic nitrogens is 1. The maximum absolute atomic E-state index is 12.2. The van der Waals surface area contributed by atoms with Gasteiger partial charge in [0.2, 0.25) is 5.91 Å². The quantitative estimate of drug-likeness (QED) is 0.497. The van der Waals surface area contributed by atoms with Crippen LogP contribution in [0.1, 0.15) is 19.3 Å². The molecule has 9 nitrogen and oxygen atoms in total. The molecule has 15 heteroatoms. The van der Waals surface area contributed by atoms with Crippen LogP contribution in [0, 0.1) is 17.8 Å². The van der Waals surface area contributed by atoms with Crippen LogP contribution in [0.4, 0.5) is 32.0 Å². The normalized spacial score (nSPS) is 23.4. The van der Waals surface area contributed by atoms with Crippen LogP contribution >= 0.6 is 0 Å². The number of anilines is 1. The van der Waals surface area contributed by atoms with Crippen molar-refractivity contribution in [3.05, 3.63) is 24.5 Å². The Labute approximate surface area is 201 Å². The van der Waals surface area contributed by atoms with Crippen molar-refractivity contribution in [2.24, 2.45) is 17.8 Å². The molecule has 1 saturated carbocycles. The average molecular weight is 529 g/mol. The maximum atomic E-state index is 12.2. The number of halogens is 6. The fourth-order valence-electron chi connectivity index (χ4n) is 3.79. The van der Waals surface area contributed by atoms with Crippen molar-refractivity contribution in [3.8, 4) is 0 Å². The lowest BCUT2D eigenvalue weighted by atomic mass is 9.90. The number of amides is 1. The van der Waals surface area contributed by atoms with Crippen LogP contribution in [-0.4, -0.2) is 82.6 Å². The number of aliphatic carboxylic acids is 2. The molecule has 36 heavy (non-hydrogen) atoms. The molecule has 202 valence electrons. The summed E-state index contributed by atoms with van der Waals surface area (Å²) in [6, 6.07) is 3.70. The third-order valence-electron chi connectivity index (χ3n) is 5.61. The number of carboxylic acids is 2. The molecule has 2 aliphatic heterocycles. The van der Waals surface area contributed by atoms with E-state index in [2.05, 4.69) is 15.2 Å². The number of carbonyl (C=O) groups is 3. The summed E-state index contributed by atoms with van der Waals surface area (Å²) in [4.78, 5) is 36.6. The molecule has 3 fully saturated rings. The first-order valence-electron chi connectivity index (χ1n) is 10.8. The monoisotopic (exact) mass is 529 g/mol. The average Bonchev–Trinajstić information content (AvgIpc) is 3.37. The van der Waals surface area contributed by atoms with E-state index in [4.69, 9.17) is 24.5 Å². The van der Waals surface area contributed by atoms with Gasteiger partial charge in [-0.1, -0.05) is 0 Å². The summed E-state index contributed by atoms with van der Waals surface area (Å²) < 4.78 is 69.4. The molecule has 1 amide bonds. The SMILES string of the molecule is O=C(C[C@@H]1CO[C@@H]2CN(CC3CC3)C[C@H]12)Nc1cccnc1.O=C(O)C(F)(F)F.O=C(O)C(F)(F)F. The number of nitrogens with one attached hydrogen (secondary N) is 1. The molecule has 0 unspecified atom stereocenters. The lowest BCUT2D eigenvalue weighted by molar-refractivity contribution is -0.193. The van der Waals surface area contributed by atoms with Crippen LogP contribution in [-0.2, 0) is 19.1 Å². The van der Waals surface area contributed by atoms with Gasteiger partial charge in [-0.05, 0) is 36.8 Å². The minimum atomic E-state index is -5.08. The second-order valence-electron chi connectivity index (χ2n) is 8.56. The topological polar surface area (TPSA) is 129 Å². The van der Waals surface area contributed by atoms with Crippen LogP contribution in [0.15, 0.2) is 24.5 Å². The maximum Gasteiger partial charge on any atom is 0.490 e. The fraction of sp³-hybridized carbons (Fsp3) is 0.619. The van der Waals surface area contributed by atoms with Gasteiger partial charge in [0.15, 0.2) is 0 Å². The Morgan fingerprint density at radius 1 is 1.06 bits per heavy atom. The van der Waals surface area contributed by atoms with Gasteiger partial charge in [0.05, 0.1) is 24.6 Å².